The predicted octanol–water partition coefficient (Wildman–Crippen LogP) is 4.25. The minimum atomic E-state index is -0.195. The summed E-state index contributed by atoms with van der Waals surface area (Å²) in [6.45, 7) is 2.01. The summed E-state index contributed by atoms with van der Waals surface area (Å²) in [5.41, 5.74) is 2.98. The molecule has 150 valence electrons. The number of hydrogen-bond acceptors (Lipinski definition) is 5. The second-order valence-electron chi connectivity index (χ2n) is 7.19. The van der Waals surface area contributed by atoms with Gasteiger partial charge in [0.15, 0.2) is 5.65 Å². The minimum Gasteiger partial charge on any atom is -0.388 e. The van der Waals surface area contributed by atoms with Crippen molar-refractivity contribution in [3.05, 3.63) is 51.4 Å². The molecule has 0 unspecified atom stereocenters. The fourth-order valence-corrected chi connectivity index (χ4v) is 3.61. The van der Waals surface area contributed by atoms with Crippen LogP contribution in [0.15, 0.2) is 24.5 Å². The summed E-state index contributed by atoms with van der Waals surface area (Å²) in [7, 11) is 1.74. The first-order valence-corrected chi connectivity index (χ1v) is 10.1. The van der Waals surface area contributed by atoms with Gasteiger partial charge in [-0.3, -0.25) is 10.2 Å². The topological polar surface area (TPSA) is 107 Å². The zero-order chi connectivity index (χ0) is 20.7. The van der Waals surface area contributed by atoms with Crippen LogP contribution >= 0.6 is 23.2 Å². The summed E-state index contributed by atoms with van der Waals surface area (Å²) in [5.74, 6) is 0.354. The van der Waals surface area contributed by atoms with E-state index in [2.05, 4.69) is 25.6 Å². The molecule has 1 fully saturated rings. The molecule has 2 aromatic heterocycles. The molecule has 0 spiro atoms. The molecule has 7 nitrogen and oxygen atoms in total. The molecule has 3 aromatic rings. The van der Waals surface area contributed by atoms with Crippen LogP contribution < -0.4 is 10.6 Å². The Morgan fingerprint density at radius 2 is 2.00 bits per heavy atom. The molecule has 1 aromatic carbocycles. The molecule has 1 atom stereocenters. The molecule has 1 saturated carbocycles. The van der Waals surface area contributed by atoms with Crippen LogP contribution in [-0.2, 0) is 0 Å². The van der Waals surface area contributed by atoms with Gasteiger partial charge in [-0.15, -0.1) is 0 Å². The number of carbonyl (C=O) groups is 1. The standard InChI is InChI=1S/C20H20Cl2N6O/c1-9(10-3-4-10)27-20(29)12-7-25-19-18(12)28-16(8-26-19)17(23)11-5-13(21)14(22)6-15(11)24-2/h5-10,23-24H,3-4H2,1-2H3,(H,25,26)(H,27,29)/t9-/m0/s1. The van der Waals surface area contributed by atoms with Crippen molar-refractivity contribution in [2.24, 2.45) is 5.92 Å². The zero-order valence-corrected chi connectivity index (χ0v) is 17.4. The molecule has 0 bridgehead atoms. The maximum atomic E-state index is 12.7. The second-order valence-corrected chi connectivity index (χ2v) is 8.01. The molecule has 2 heterocycles. The number of aromatic amines is 1. The zero-order valence-electron chi connectivity index (χ0n) is 15.9. The minimum absolute atomic E-state index is 0.122. The lowest BCUT2D eigenvalue weighted by Gasteiger charge is -2.13. The van der Waals surface area contributed by atoms with Crippen LogP contribution in [0.2, 0.25) is 10.0 Å². The van der Waals surface area contributed by atoms with Crippen molar-refractivity contribution >= 4 is 51.7 Å². The van der Waals surface area contributed by atoms with Crippen LogP contribution in [-0.4, -0.2) is 39.7 Å². The van der Waals surface area contributed by atoms with Crippen LogP contribution in [0.1, 0.15) is 41.4 Å². The molecule has 1 aliphatic rings. The number of hydrogen-bond donors (Lipinski definition) is 4. The summed E-state index contributed by atoms with van der Waals surface area (Å²) in [4.78, 5) is 24.6. The van der Waals surface area contributed by atoms with E-state index in [4.69, 9.17) is 28.6 Å². The van der Waals surface area contributed by atoms with Gasteiger partial charge in [-0.1, -0.05) is 23.2 Å². The van der Waals surface area contributed by atoms with Gasteiger partial charge in [-0.25, -0.2) is 9.97 Å². The molecule has 1 amide bonds. The molecule has 4 rings (SSSR count). The number of carbonyl (C=O) groups excluding carboxylic acids is 1. The summed E-state index contributed by atoms with van der Waals surface area (Å²) in [5, 5.41) is 15.4. The van der Waals surface area contributed by atoms with Gasteiger partial charge < -0.3 is 15.6 Å². The van der Waals surface area contributed by atoms with Gasteiger partial charge in [0.1, 0.15) is 11.2 Å². The van der Waals surface area contributed by atoms with Crippen molar-refractivity contribution in [3.8, 4) is 0 Å². The largest absolute Gasteiger partial charge is 0.388 e. The van der Waals surface area contributed by atoms with E-state index in [0.717, 1.165) is 12.8 Å². The Morgan fingerprint density at radius 3 is 2.69 bits per heavy atom. The summed E-state index contributed by atoms with van der Waals surface area (Å²) >= 11 is 12.2. The highest BCUT2D eigenvalue weighted by atomic mass is 35.5. The maximum absolute atomic E-state index is 12.7. The monoisotopic (exact) mass is 430 g/mol. The van der Waals surface area contributed by atoms with Gasteiger partial charge in [0.2, 0.25) is 0 Å². The van der Waals surface area contributed by atoms with E-state index >= 15 is 0 Å². The van der Waals surface area contributed by atoms with Gasteiger partial charge in [-0.05, 0) is 37.8 Å². The van der Waals surface area contributed by atoms with E-state index in [1.54, 1.807) is 25.4 Å². The first-order valence-electron chi connectivity index (χ1n) is 9.30. The second kappa shape index (κ2) is 7.65. The van der Waals surface area contributed by atoms with E-state index in [1.807, 2.05) is 6.92 Å². The van der Waals surface area contributed by atoms with Crippen molar-refractivity contribution in [2.75, 3.05) is 12.4 Å². The summed E-state index contributed by atoms with van der Waals surface area (Å²) in [6, 6.07) is 3.40. The Morgan fingerprint density at radius 1 is 1.28 bits per heavy atom. The quantitative estimate of drug-likeness (QED) is 0.438. The number of nitrogens with zero attached hydrogens (tertiary/aromatic N) is 2. The lowest BCUT2D eigenvalue weighted by Crippen LogP contribution is -2.33. The molecular formula is C20H20Cl2N6O. The van der Waals surface area contributed by atoms with Crippen molar-refractivity contribution in [3.63, 3.8) is 0 Å². The number of benzene rings is 1. The smallest absolute Gasteiger partial charge is 0.255 e. The highest BCUT2D eigenvalue weighted by Gasteiger charge is 2.29. The number of fused-ring (bicyclic) bond motifs is 1. The third kappa shape index (κ3) is 3.80. The molecule has 0 radical (unpaired) electrons. The number of nitrogens with one attached hydrogen (secondary N) is 4. The SMILES string of the molecule is CNc1cc(Cl)c(Cl)cc1C(=N)c1cnc2[nH]cc(C(=O)N[C@@H](C)C3CC3)c2n1. The van der Waals surface area contributed by atoms with E-state index in [1.165, 1.54) is 6.20 Å². The predicted molar refractivity (Wildman–Crippen MR) is 115 cm³/mol. The maximum Gasteiger partial charge on any atom is 0.255 e. The first kappa shape index (κ1) is 19.7. The van der Waals surface area contributed by atoms with E-state index in [-0.39, 0.29) is 17.7 Å². The summed E-state index contributed by atoms with van der Waals surface area (Å²) in [6.07, 6.45) is 5.39. The highest BCUT2D eigenvalue weighted by molar-refractivity contribution is 6.42. The Balaban J connectivity index is 1.69. The lowest BCUT2D eigenvalue weighted by molar-refractivity contribution is 0.0937. The van der Waals surface area contributed by atoms with Crippen LogP contribution in [0, 0.1) is 11.3 Å². The van der Waals surface area contributed by atoms with Crippen molar-refractivity contribution < 1.29 is 4.79 Å². The Hall–Kier alpha value is -2.64. The Labute approximate surface area is 177 Å². The average Bonchev–Trinajstić information content (AvgIpc) is 3.48. The Kier molecular flexibility index (Phi) is 5.19. The van der Waals surface area contributed by atoms with Crippen molar-refractivity contribution in [1.29, 1.82) is 5.41 Å². The summed E-state index contributed by atoms with van der Waals surface area (Å²) < 4.78 is 0. The van der Waals surface area contributed by atoms with Crippen LogP contribution in [0.4, 0.5) is 5.69 Å². The first-order chi connectivity index (χ1) is 13.9. The molecular weight excluding hydrogens is 411 g/mol. The molecule has 29 heavy (non-hydrogen) atoms. The molecule has 9 heteroatoms. The van der Waals surface area contributed by atoms with Crippen LogP contribution in [0.5, 0.6) is 0 Å². The van der Waals surface area contributed by atoms with Crippen LogP contribution in [0.3, 0.4) is 0 Å². The van der Waals surface area contributed by atoms with Gasteiger partial charge in [0.25, 0.3) is 5.91 Å². The third-order valence-corrected chi connectivity index (χ3v) is 5.89. The lowest BCUT2D eigenvalue weighted by atomic mass is 10.1. The Bertz CT molecular complexity index is 1120. The molecule has 0 aliphatic heterocycles. The molecule has 1 aliphatic carbocycles. The van der Waals surface area contributed by atoms with Gasteiger partial charge in [-0.2, -0.15) is 0 Å². The van der Waals surface area contributed by atoms with Crippen molar-refractivity contribution in [1.82, 2.24) is 20.3 Å². The fourth-order valence-electron chi connectivity index (χ4n) is 3.28. The molecule has 0 saturated heterocycles. The van der Waals surface area contributed by atoms with E-state index in [0.29, 0.717) is 49.6 Å². The van der Waals surface area contributed by atoms with E-state index < -0.39 is 0 Å². The number of aromatic nitrogens is 3. The number of anilines is 1. The fraction of sp³-hybridized carbons (Fsp3) is 0.300. The number of rotatable bonds is 6. The van der Waals surface area contributed by atoms with Gasteiger partial charge in [0, 0.05) is 30.5 Å². The average molecular weight is 431 g/mol. The van der Waals surface area contributed by atoms with Gasteiger partial charge >= 0.3 is 0 Å². The van der Waals surface area contributed by atoms with Gasteiger partial charge in [0.05, 0.1) is 27.5 Å². The van der Waals surface area contributed by atoms with Crippen LogP contribution in [0.25, 0.3) is 11.2 Å². The number of amides is 1. The third-order valence-electron chi connectivity index (χ3n) is 5.17. The van der Waals surface area contributed by atoms with E-state index in [9.17, 15) is 4.79 Å². The number of halogens is 2. The normalized spacial score (nSPS) is 14.6. The highest BCUT2D eigenvalue weighted by Crippen LogP contribution is 2.33. The molecule has 4 N–H and O–H groups in total. The van der Waals surface area contributed by atoms with Crippen molar-refractivity contribution in [2.45, 2.75) is 25.8 Å². The number of H-pyrrole nitrogens is 1.